The lowest BCUT2D eigenvalue weighted by atomic mass is 10.1. The van der Waals surface area contributed by atoms with Gasteiger partial charge in [0.05, 0.1) is 10.7 Å². The van der Waals surface area contributed by atoms with Crippen LogP contribution in [-0.4, -0.2) is 4.98 Å². The molecule has 5 heteroatoms. The van der Waals surface area contributed by atoms with Crippen molar-refractivity contribution < 1.29 is 8.78 Å². The smallest absolute Gasteiger partial charge is 0.124 e. The third-order valence-corrected chi connectivity index (χ3v) is 4.76. The van der Waals surface area contributed by atoms with E-state index in [4.69, 9.17) is 11.6 Å². The molecule has 2 nitrogen and oxygen atoms in total. The summed E-state index contributed by atoms with van der Waals surface area (Å²) in [5, 5.41) is 5.49. The molecule has 0 amide bonds. The van der Waals surface area contributed by atoms with Crippen LogP contribution < -0.4 is 5.32 Å². The SMILES string of the molecule is Fc1ccc(Nc2ccccc2)c(Cl)c1.Fc1ccc2[nH]c3ccccc3c2c1. The molecule has 1 aromatic heterocycles. The molecule has 144 valence electrons. The second kappa shape index (κ2) is 8.33. The van der Waals surface area contributed by atoms with E-state index in [0.29, 0.717) is 10.7 Å². The van der Waals surface area contributed by atoms with Gasteiger partial charge in [0.15, 0.2) is 0 Å². The Balaban J connectivity index is 0.000000141. The van der Waals surface area contributed by atoms with Gasteiger partial charge in [-0.1, -0.05) is 48.0 Å². The van der Waals surface area contributed by atoms with Crippen LogP contribution in [0.1, 0.15) is 0 Å². The number of fused-ring (bicyclic) bond motifs is 3. The number of benzene rings is 4. The van der Waals surface area contributed by atoms with Crippen molar-refractivity contribution in [2.24, 2.45) is 0 Å². The van der Waals surface area contributed by atoms with Crippen molar-refractivity contribution >= 4 is 44.8 Å². The standard InChI is InChI=1S/C12H9ClFN.C12H8FN/c13-11-8-9(14)6-7-12(11)15-10-4-2-1-3-5-10;13-8-5-6-12-10(7-8)9-3-1-2-4-11(9)14-12/h1-8,15H;1-7,14H. The lowest BCUT2D eigenvalue weighted by Crippen LogP contribution is -1.90. The van der Waals surface area contributed by atoms with Crippen LogP contribution in [0.25, 0.3) is 21.8 Å². The summed E-state index contributed by atoms with van der Waals surface area (Å²) in [6, 6.07) is 26.6. The largest absolute Gasteiger partial charge is 0.355 e. The molecule has 5 aromatic rings. The van der Waals surface area contributed by atoms with Crippen molar-refractivity contribution in [1.29, 1.82) is 0 Å². The topological polar surface area (TPSA) is 27.8 Å². The van der Waals surface area contributed by atoms with Gasteiger partial charge in [-0.15, -0.1) is 0 Å². The quantitative estimate of drug-likeness (QED) is 0.309. The van der Waals surface area contributed by atoms with Gasteiger partial charge in [0, 0.05) is 27.5 Å². The van der Waals surface area contributed by atoms with Crippen molar-refractivity contribution in [2.45, 2.75) is 0 Å². The Labute approximate surface area is 171 Å². The van der Waals surface area contributed by atoms with Crippen LogP contribution in [0.5, 0.6) is 0 Å². The van der Waals surface area contributed by atoms with Crippen molar-refractivity contribution in [1.82, 2.24) is 4.98 Å². The summed E-state index contributed by atoms with van der Waals surface area (Å²) in [7, 11) is 0. The Bertz CT molecular complexity index is 1270. The molecule has 0 radical (unpaired) electrons. The van der Waals surface area contributed by atoms with Crippen LogP contribution in [0.4, 0.5) is 20.2 Å². The molecule has 0 fully saturated rings. The molecule has 2 N–H and O–H groups in total. The maximum Gasteiger partial charge on any atom is 0.124 e. The highest BCUT2D eigenvalue weighted by Gasteiger charge is 2.03. The fourth-order valence-corrected chi connectivity index (χ4v) is 3.30. The third-order valence-electron chi connectivity index (χ3n) is 4.45. The fourth-order valence-electron chi connectivity index (χ4n) is 3.09. The predicted octanol–water partition coefficient (Wildman–Crippen LogP) is 7.68. The summed E-state index contributed by atoms with van der Waals surface area (Å²) in [5.41, 5.74) is 3.65. The number of hydrogen-bond acceptors (Lipinski definition) is 1. The first kappa shape index (κ1) is 19.0. The molecular weight excluding hydrogens is 390 g/mol. The van der Waals surface area contributed by atoms with E-state index in [9.17, 15) is 8.78 Å². The normalized spacial score (nSPS) is 10.6. The average Bonchev–Trinajstić information content (AvgIpc) is 3.09. The Hall–Kier alpha value is -3.37. The number of H-pyrrole nitrogens is 1. The summed E-state index contributed by atoms with van der Waals surface area (Å²) in [5.74, 6) is -0.527. The number of para-hydroxylation sites is 2. The molecule has 0 aliphatic rings. The lowest BCUT2D eigenvalue weighted by Gasteiger charge is -2.07. The van der Waals surface area contributed by atoms with Crippen LogP contribution in [0.2, 0.25) is 5.02 Å². The molecule has 0 atom stereocenters. The second-order valence-corrected chi connectivity index (χ2v) is 6.88. The van der Waals surface area contributed by atoms with Gasteiger partial charge in [-0.2, -0.15) is 0 Å². The van der Waals surface area contributed by atoms with Gasteiger partial charge in [0.2, 0.25) is 0 Å². The van der Waals surface area contributed by atoms with Crippen molar-refractivity contribution in [2.75, 3.05) is 5.32 Å². The second-order valence-electron chi connectivity index (χ2n) is 6.48. The Morgan fingerprint density at radius 2 is 1.31 bits per heavy atom. The Kier molecular flexibility index (Phi) is 5.45. The first-order valence-corrected chi connectivity index (χ1v) is 9.41. The number of halogens is 3. The number of hydrogen-bond donors (Lipinski definition) is 2. The summed E-state index contributed by atoms with van der Waals surface area (Å²) in [4.78, 5) is 3.24. The van der Waals surface area contributed by atoms with Crippen molar-refractivity contribution in [3.8, 4) is 0 Å². The van der Waals surface area contributed by atoms with E-state index in [1.807, 2.05) is 54.6 Å². The van der Waals surface area contributed by atoms with Gasteiger partial charge in [0.25, 0.3) is 0 Å². The highest BCUT2D eigenvalue weighted by atomic mass is 35.5. The molecule has 5 rings (SSSR count). The van der Waals surface area contributed by atoms with Crippen LogP contribution >= 0.6 is 11.6 Å². The summed E-state index contributed by atoms with van der Waals surface area (Å²) < 4.78 is 25.8. The highest BCUT2D eigenvalue weighted by molar-refractivity contribution is 6.33. The zero-order valence-corrected chi connectivity index (χ0v) is 16.1. The molecule has 0 spiro atoms. The maximum atomic E-state index is 13.0. The molecule has 0 aliphatic carbocycles. The molecule has 0 aliphatic heterocycles. The molecule has 0 saturated carbocycles. The van der Waals surface area contributed by atoms with Crippen LogP contribution in [-0.2, 0) is 0 Å². The Morgan fingerprint density at radius 1 is 0.655 bits per heavy atom. The van der Waals surface area contributed by atoms with E-state index in [1.165, 1.54) is 18.2 Å². The van der Waals surface area contributed by atoms with Crippen molar-refractivity contribution in [3.05, 3.63) is 108 Å². The van der Waals surface area contributed by atoms with E-state index < -0.39 is 0 Å². The average molecular weight is 407 g/mol. The fraction of sp³-hybridized carbons (Fsp3) is 0. The molecule has 0 bridgehead atoms. The molecule has 1 heterocycles. The number of anilines is 2. The van der Waals surface area contributed by atoms with Crippen LogP contribution in [0, 0.1) is 11.6 Å². The summed E-state index contributed by atoms with van der Waals surface area (Å²) >= 11 is 5.88. The van der Waals surface area contributed by atoms with Crippen LogP contribution in [0.15, 0.2) is 91.0 Å². The monoisotopic (exact) mass is 406 g/mol. The van der Waals surface area contributed by atoms with Gasteiger partial charge in [-0.3, -0.25) is 0 Å². The molecule has 4 aromatic carbocycles. The minimum atomic E-state index is -0.335. The van der Waals surface area contributed by atoms with E-state index in [-0.39, 0.29) is 11.6 Å². The van der Waals surface area contributed by atoms with Crippen molar-refractivity contribution in [3.63, 3.8) is 0 Å². The maximum absolute atomic E-state index is 13.0. The number of rotatable bonds is 2. The predicted molar refractivity (Wildman–Crippen MR) is 117 cm³/mol. The number of nitrogens with one attached hydrogen (secondary N) is 2. The number of aromatic nitrogens is 1. The molecular formula is C24H17ClF2N2. The highest BCUT2D eigenvalue weighted by Crippen LogP contribution is 2.26. The van der Waals surface area contributed by atoms with Gasteiger partial charge in [0.1, 0.15) is 11.6 Å². The van der Waals surface area contributed by atoms with E-state index in [2.05, 4.69) is 10.3 Å². The first-order chi connectivity index (χ1) is 14.1. The van der Waals surface area contributed by atoms with Gasteiger partial charge < -0.3 is 10.3 Å². The molecule has 0 saturated heterocycles. The van der Waals surface area contributed by atoms with Gasteiger partial charge >= 0.3 is 0 Å². The van der Waals surface area contributed by atoms with Crippen LogP contribution in [0.3, 0.4) is 0 Å². The van der Waals surface area contributed by atoms with Gasteiger partial charge in [-0.05, 0) is 54.6 Å². The number of aromatic amines is 1. The zero-order chi connectivity index (χ0) is 20.2. The zero-order valence-electron chi connectivity index (χ0n) is 15.3. The summed E-state index contributed by atoms with van der Waals surface area (Å²) in [6.07, 6.45) is 0. The van der Waals surface area contributed by atoms with Gasteiger partial charge in [-0.25, -0.2) is 8.78 Å². The van der Waals surface area contributed by atoms with E-state index in [0.717, 1.165) is 27.5 Å². The Morgan fingerprint density at radius 3 is 2.10 bits per heavy atom. The third kappa shape index (κ3) is 4.39. The molecule has 29 heavy (non-hydrogen) atoms. The van der Waals surface area contributed by atoms with E-state index in [1.54, 1.807) is 18.2 Å². The van der Waals surface area contributed by atoms with E-state index >= 15 is 0 Å². The summed E-state index contributed by atoms with van der Waals surface area (Å²) in [6.45, 7) is 0. The minimum Gasteiger partial charge on any atom is -0.355 e. The lowest BCUT2D eigenvalue weighted by molar-refractivity contribution is 0.628. The first-order valence-electron chi connectivity index (χ1n) is 9.03. The minimum absolute atomic E-state index is 0.192. The molecule has 0 unspecified atom stereocenters.